The molecule has 0 spiro atoms. The molecule has 0 radical (unpaired) electrons. The summed E-state index contributed by atoms with van der Waals surface area (Å²) in [4.78, 5) is 39.6. The van der Waals surface area contributed by atoms with Crippen molar-refractivity contribution < 1.29 is 14.4 Å². The van der Waals surface area contributed by atoms with Crippen LogP contribution in [0.15, 0.2) is 18.2 Å². The van der Waals surface area contributed by atoms with Crippen LogP contribution in [-0.2, 0) is 4.79 Å². The van der Waals surface area contributed by atoms with Gasteiger partial charge < -0.3 is 15.5 Å². The number of rotatable bonds is 4. The number of hydrogen-bond donors (Lipinski definition) is 3. The van der Waals surface area contributed by atoms with E-state index in [2.05, 4.69) is 16.0 Å². The van der Waals surface area contributed by atoms with E-state index in [1.807, 2.05) is 24.0 Å². The molecule has 2 rings (SSSR count). The van der Waals surface area contributed by atoms with Gasteiger partial charge in [0.05, 0.1) is 6.04 Å². The normalized spacial score (nSPS) is 15.8. The lowest BCUT2D eigenvalue weighted by atomic mass is 10.2. The lowest BCUT2D eigenvalue weighted by Gasteiger charge is -2.37. The predicted octanol–water partition coefficient (Wildman–Crippen LogP) is 2.03. The number of amides is 5. The number of carbonyl (C=O) groups is 3. The molecule has 8 nitrogen and oxygen atoms in total. The van der Waals surface area contributed by atoms with Gasteiger partial charge in [0.1, 0.15) is 0 Å². The van der Waals surface area contributed by atoms with E-state index in [9.17, 15) is 14.4 Å². The van der Waals surface area contributed by atoms with Crippen LogP contribution < -0.4 is 16.0 Å². The quantitative estimate of drug-likeness (QED) is 0.727. The molecule has 9 heteroatoms. The van der Waals surface area contributed by atoms with Crippen molar-refractivity contribution in [1.82, 2.24) is 20.4 Å². The number of nitrogens with one attached hydrogen (secondary N) is 3. The Morgan fingerprint density at radius 2 is 1.85 bits per heavy atom. The highest BCUT2D eigenvalue weighted by Gasteiger charge is 2.28. The maximum Gasteiger partial charge on any atom is 0.321 e. The number of hydrogen-bond acceptors (Lipinski definition) is 4. The minimum atomic E-state index is -0.496. The molecule has 0 aromatic heterocycles. The highest BCUT2D eigenvalue weighted by Crippen LogP contribution is 2.20. The molecule has 0 unspecified atom stereocenters. The van der Waals surface area contributed by atoms with Crippen molar-refractivity contribution in [1.29, 1.82) is 0 Å². The number of nitrogens with zero attached hydrogens (tertiary/aromatic N) is 2. The van der Waals surface area contributed by atoms with Crippen molar-refractivity contribution in [3.63, 3.8) is 0 Å². The van der Waals surface area contributed by atoms with E-state index in [0.29, 0.717) is 43.4 Å². The SMILES string of the molecule is CCNC(=O)NC(=O)[C@H](C)N1CCN(C(=O)Nc2ccc(C)c(Cl)c2)CC1. The van der Waals surface area contributed by atoms with Gasteiger partial charge >= 0.3 is 12.1 Å². The molecule has 5 amide bonds. The summed E-state index contributed by atoms with van der Waals surface area (Å²) in [5.41, 5.74) is 1.59. The van der Waals surface area contributed by atoms with Gasteiger partial charge in [0.25, 0.3) is 0 Å². The van der Waals surface area contributed by atoms with Gasteiger partial charge in [0, 0.05) is 43.4 Å². The molecular weight excluding hydrogens is 370 g/mol. The molecule has 0 saturated carbocycles. The van der Waals surface area contributed by atoms with Crippen molar-refractivity contribution in [2.75, 3.05) is 38.0 Å². The average molecular weight is 396 g/mol. The summed E-state index contributed by atoms with van der Waals surface area (Å²) < 4.78 is 0. The smallest absolute Gasteiger partial charge is 0.321 e. The number of carbonyl (C=O) groups excluding carboxylic acids is 3. The Kier molecular flexibility index (Phi) is 7.44. The topological polar surface area (TPSA) is 93.8 Å². The maximum atomic E-state index is 12.4. The summed E-state index contributed by atoms with van der Waals surface area (Å²) in [6, 6.07) is 4.24. The van der Waals surface area contributed by atoms with E-state index in [4.69, 9.17) is 11.6 Å². The minimum absolute atomic E-state index is 0.200. The van der Waals surface area contributed by atoms with E-state index in [-0.39, 0.29) is 11.9 Å². The fraction of sp³-hybridized carbons (Fsp3) is 0.500. The average Bonchev–Trinajstić information content (AvgIpc) is 2.64. The summed E-state index contributed by atoms with van der Waals surface area (Å²) in [5, 5.41) is 8.29. The predicted molar refractivity (Wildman–Crippen MR) is 105 cm³/mol. The summed E-state index contributed by atoms with van der Waals surface area (Å²) in [7, 11) is 0. The number of anilines is 1. The fourth-order valence-electron chi connectivity index (χ4n) is 2.77. The van der Waals surface area contributed by atoms with Gasteiger partial charge in [-0.3, -0.25) is 15.0 Å². The van der Waals surface area contributed by atoms with E-state index in [1.54, 1.807) is 24.8 Å². The number of imide groups is 1. The van der Waals surface area contributed by atoms with Crippen LogP contribution in [0, 0.1) is 6.92 Å². The summed E-state index contributed by atoms with van der Waals surface area (Å²) in [6.45, 7) is 7.96. The zero-order valence-corrected chi connectivity index (χ0v) is 16.6. The van der Waals surface area contributed by atoms with E-state index in [1.165, 1.54) is 0 Å². The van der Waals surface area contributed by atoms with Crippen LogP contribution in [0.1, 0.15) is 19.4 Å². The lowest BCUT2D eigenvalue weighted by Crippen LogP contribution is -2.56. The van der Waals surface area contributed by atoms with Crippen molar-refractivity contribution in [3.8, 4) is 0 Å². The summed E-state index contributed by atoms with van der Waals surface area (Å²) >= 11 is 6.08. The third-order valence-electron chi connectivity index (χ3n) is 4.53. The lowest BCUT2D eigenvalue weighted by molar-refractivity contribution is -0.125. The number of urea groups is 2. The second-order valence-corrected chi connectivity index (χ2v) is 6.85. The van der Waals surface area contributed by atoms with Gasteiger partial charge in [-0.15, -0.1) is 0 Å². The fourth-order valence-corrected chi connectivity index (χ4v) is 2.95. The highest BCUT2D eigenvalue weighted by molar-refractivity contribution is 6.31. The van der Waals surface area contributed by atoms with E-state index >= 15 is 0 Å². The van der Waals surface area contributed by atoms with Crippen LogP contribution in [-0.4, -0.2) is 66.5 Å². The van der Waals surface area contributed by atoms with Crippen LogP contribution >= 0.6 is 11.6 Å². The third-order valence-corrected chi connectivity index (χ3v) is 4.93. The number of piperazine rings is 1. The molecule has 27 heavy (non-hydrogen) atoms. The number of benzene rings is 1. The first-order chi connectivity index (χ1) is 12.8. The van der Waals surface area contributed by atoms with Crippen LogP contribution in [0.5, 0.6) is 0 Å². The molecule has 1 fully saturated rings. The molecular formula is C18H26ClN5O3. The maximum absolute atomic E-state index is 12.4. The first kappa shape index (κ1) is 21.0. The summed E-state index contributed by atoms with van der Waals surface area (Å²) in [6.07, 6.45) is 0. The Labute approximate surface area is 164 Å². The molecule has 1 heterocycles. The highest BCUT2D eigenvalue weighted by atomic mass is 35.5. The zero-order chi connectivity index (χ0) is 20.0. The van der Waals surface area contributed by atoms with Crippen molar-refractivity contribution in [2.24, 2.45) is 0 Å². The van der Waals surface area contributed by atoms with Gasteiger partial charge in [-0.25, -0.2) is 9.59 Å². The molecule has 3 N–H and O–H groups in total. The van der Waals surface area contributed by atoms with Crippen molar-refractivity contribution in [3.05, 3.63) is 28.8 Å². The van der Waals surface area contributed by atoms with Gasteiger partial charge in [0.2, 0.25) is 5.91 Å². The Bertz CT molecular complexity index is 704. The van der Waals surface area contributed by atoms with E-state index < -0.39 is 12.1 Å². The van der Waals surface area contributed by atoms with Gasteiger partial charge in [-0.05, 0) is 38.5 Å². The Morgan fingerprint density at radius 3 is 2.44 bits per heavy atom. The van der Waals surface area contributed by atoms with Crippen LogP contribution in [0.2, 0.25) is 5.02 Å². The van der Waals surface area contributed by atoms with E-state index in [0.717, 1.165) is 5.56 Å². The molecule has 1 atom stereocenters. The number of aryl methyl sites for hydroxylation is 1. The number of halogens is 1. The molecule has 0 bridgehead atoms. The van der Waals surface area contributed by atoms with Crippen LogP contribution in [0.4, 0.5) is 15.3 Å². The molecule has 148 valence electrons. The zero-order valence-electron chi connectivity index (χ0n) is 15.8. The molecule has 0 aliphatic carbocycles. The Morgan fingerprint density at radius 1 is 1.19 bits per heavy atom. The van der Waals surface area contributed by atoms with Crippen LogP contribution in [0.3, 0.4) is 0 Å². The Hall–Kier alpha value is -2.32. The van der Waals surface area contributed by atoms with Gasteiger partial charge in [-0.2, -0.15) is 0 Å². The first-order valence-corrected chi connectivity index (χ1v) is 9.34. The van der Waals surface area contributed by atoms with Gasteiger partial charge in [0.15, 0.2) is 0 Å². The largest absolute Gasteiger partial charge is 0.338 e. The van der Waals surface area contributed by atoms with Gasteiger partial charge in [-0.1, -0.05) is 17.7 Å². The molecule has 1 aromatic carbocycles. The molecule has 1 aromatic rings. The minimum Gasteiger partial charge on any atom is -0.338 e. The third kappa shape index (κ3) is 5.83. The molecule has 1 aliphatic heterocycles. The van der Waals surface area contributed by atoms with Crippen molar-refractivity contribution >= 4 is 35.3 Å². The molecule has 1 aliphatic rings. The first-order valence-electron chi connectivity index (χ1n) is 8.96. The van der Waals surface area contributed by atoms with Crippen molar-refractivity contribution in [2.45, 2.75) is 26.8 Å². The monoisotopic (exact) mass is 395 g/mol. The molecule has 1 saturated heterocycles. The standard InChI is InChI=1S/C18H26ClN5O3/c1-4-20-17(26)22-16(25)13(3)23-7-9-24(10-8-23)18(27)21-14-6-5-12(2)15(19)11-14/h5-6,11,13H,4,7-10H2,1-3H3,(H,21,27)(H2,20,22,25,26)/t13-/m0/s1. The second kappa shape index (κ2) is 9.57. The Balaban J connectivity index is 1.83. The summed E-state index contributed by atoms with van der Waals surface area (Å²) in [5.74, 6) is -0.354. The second-order valence-electron chi connectivity index (χ2n) is 6.44. The van der Waals surface area contributed by atoms with Crippen LogP contribution in [0.25, 0.3) is 0 Å².